The van der Waals surface area contributed by atoms with Crippen molar-refractivity contribution >= 4 is 0 Å². The second-order valence-corrected chi connectivity index (χ2v) is 6.82. The number of hydrogen-bond donors (Lipinski definition) is 1. The highest BCUT2D eigenvalue weighted by atomic mass is 16.5. The fourth-order valence-corrected chi connectivity index (χ4v) is 2.56. The Labute approximate surface area is 115 Å². The van der Waals surface area contributed by atoms with Crippen LogP contribution in [-0.2, 0) is 18.2 Å². The molecule has 1 unspecified atom stereocenters. The first-order valence-electron chi connectivity index (χ1n) is 7.07. The van der Waals surface area contributed by atoms with Crippen LogP contribution in [0.4, 0.5) is 0 Å². The predicted octanol–water partition coefficient (Wildman–Crippen LogP) is 1.54. The Morgan fingerprint density at radius 3 is 2.79 bits per heavy atom. The van der Waals surface area contributed by atoms with Gasteiger partial charge in [0.15, 0.2) is 0 Å². The van der Waals surface area contributed by atoms with Crippen molar-refractivity contribution in [3.63, 3.8) is 0 Å². The average molecular weight is 266 g/mol. The Kier molecular flexibility index (Phi) is 4.26. The van der Waals surface area contributed by atoms with Crippen LogP contribution >= 0.6 is 0 Å². The molecule has 0 aromatic carbocycles. The van der Waals surface area contributed by atoms with Gasteiger partial charge in [-0.1, -0.05) is 5.21 Å². The van der Waals surface area contributed by atoms with Gasteiger partial charge in [-0.3, -0.25) is 4.68 Å². The molecule has 0 radical (unpaired) electrons. The number of nitrogens with one attached hydrogen (secondary N) is 1. The summed E-state index contributed by atoms with van der Waals surface area (Å²) >= 11 is 0. The molecule has 1 fully saturated rings. The molecule has 5 nitrogen and oxygen atoms in total. The van der Waals surface area contributed by atoms with Crippen LogP contribution in [0.3, 0.4) is 0 Å². The van der Waals surface area contributed by atoms with Crippen LogP contribution in [0.5, 0.6) is 0 Å². The molecule has 1 aliphatic heterocycles. The third-order valence-corrected chi connectivity index (χ3v) is 3.60. The molecule has 1 aromatic heterocycles. The van der Waals surface area contributed by atoms with E-state index in [0.29, 0.717) is 0 Å². The van der Waals surface area contributed by atoms with Gasteiger partial charge in [0.05, 0.1) is 12.3 Å². The predicted molar refractivity (Wildman–Crippen MR) is 74.9 cm³/mol. The smallest absolute Gasteiger partial charge is 0.0833 e. The Morgan fingerprint density at radius 2 is 2.26 bits per heavy atom. The van der Waals surface area contributed by atoms with Crippen molar-refractivity contribution < 1.29 is 4.74 Å². The van der Waals surface area contributed by atoms with Gasteiger partial charge in [-0.15, -0.1) is 5.10 Å². The highest BCUT2D eigenvalue weighted by molar-refractivity contribution is 5.01. The molecule has 1 aliphatic rings. The normalized spacial score (nSPS) is 24.6. The molecule has 2 heterocycles. The van der Waals surface area contributed by atoms with E-state index in [9.17, 15) is 0 Å². The van der Waals surface area contributed by atoms with Crippen LogP contribution in [0.2, 0.25) is 0 Å². The molecule has 0 amide bonds. The van der Waals surface area contributed by atoms with Gasteiger partial charge in [-0.05, 0) is 33.6 Å². The molecule has 5 heteroatoms. The zero-order chi connectivity index (χ0) is 13.9. The molecule has 0 bridgehead atoms. The van der Waals surface area contributed by atoms with E-state index in [0.717, 1.165) is 38.3 Å². The molecule has 1 N–H and O–H groups in total. The number of nitrogens with zero attached hydrogens (tertiary/aromatic N) is 3. The summed E-state index contributed by atoms with van der Waals surface area (Å²) in [6, 6.07) is 0. The third-order valence-electron chi connectivity index (χ3n) is 3.60. The van der Waals surface area contributed by atoms with Crippen molar-refractivity contribution in [2.75, 3.05) is 19.8 Å². The molecular weight excluding hydrogens is 240 g/mol. The summed E-state index contributed by atoms with van der Waals surface area (Å²) in [5.74, 6) is 0. The Bertz CT molecular complexity index is 402. The van der Waals surface area contributed by atoms with E-state index in [2.05, 4.69) is 36.4 Å². The van der Waals surface area contributed by atoms with Crippen molar-refractivity contribution in [3.05, 3.63) is 11.9 Å². The average Bonchev–Trinajstić information content (AvgIpc) is 2.73. The topological polar surface area (TPSA) is 52.0 Å². The summed E-state index contributed by atoms with van der Waals surface area (Å²) in [6.45, 7) is 9.27. The van der Waals surface area contributed by atoms with E-state index >= 15 is 0 Å². The maximum absolute atomic E-state index is 5.73. The zero-order valence-corrected chi connectivity index (χ0v) is 12.6. The summed E-state index contributed by atoms with van der Waals surface area (Å²) < 4.78 is 7.50. The zero-order valence-electron chi connectivity index (χ0n) is 12.6. The SMILES string of the molecule is Cn1cc(CC2(CNC(C)(C)C)CCCOC2)nn1. The maximum Gasteiger partial charge on any atom is 0.0833 e. The standard InChI is InChI=1S/C14H26N4O/c1-13(2,3)15-10-14(6-5-7-19-11-14)8-12-9-18(4)17-16-12/h9,15H,5-8,10-11H2,1-4H3. The molecule has 19 heavy (non-hydrogen) atoms. The minimum absolute atomic E-state index is 0.132. The van der Waals surface area contributed by atoms with Gasteiger partial charge in [0.25, 0.3) is 0 Å². The molecule has 1 saturated heterocycles. The van der Waals surface area contributed by atoms with Crippen LogP contribution in [0.15, 0.2) is 6.20 Å². The van der Waals surface area contributed by atoms with Gasteiger partial charge in [0.2, 0.25) is 0 Å². The molecule has 0 aliphatic carbocycles. The Morgan fingerprint density at radius 1 is 1.47 bits per heavy atom. The lowest BCUT2D eigenvalue weighted by molar-refractivity contribution is -0.0104. The lowest BCUT2D eigenvalue weighted by Gasteiger charge is -2.39. The monoisotopic (exact) mass is 266 g/mol. The fraction of sp³-hybridized carbons (Fsp3) is 0.857. The van der Waals surface area contributed by atoms with Crippen molar-refractivity contribution in [1.82, 2.24) is 20.3 Å². The number of hydrogen-bond acceptors (Lipinski definition) is 4. The van der Waals surface area contributed by atoms with Crippen LogP contribution in [0.25, 0.3) is 0 Å². The lowest BCUT2D eigenvalue weighted by Crippen LogP contribution is -2.48. The molecule has 0 saturated carbocycles. The molecule has 1 aromatic rings. The van der Waals surface area contributed by atoms with E-state index in [1.165, 1.54) is 6.42 Å². The first-order chi connectivity index (χ1) is 8.89. The Balaban J connectivity index is 2.05. The summed E-state index contributed by atoms with van der Waals surface area (Å²) in [6.07, 6.45) is 5.26. The third kappa shape index (κ3) is 4.28. The highest BCUT2D eigenvalue weighted by Crippen LogP contribution is 2.32. The summed E-state index contributed by atoms with van der Waals surface area (Å²) in [5.41, 5.74) is 1.35. The molecule has 2 rings (SSSR count). The largest absolute Gasteiger partial charge is 0.381 e. The van der Waals surface area contributed by atoms with Crippen molar-refractivity contribution in [1.29, 1.82) is 0 Å². The minimum atomic E-state index is 0.132. The van der Waals surface area contributed by atoms with Crippen LogP contribution in [-0.4, -0.2) is 40.3 Å². The maximum atomic E-state index is 5.73. The summed E-state index contributed by atoms with van der Waals surface area (Å²) in [7, 11) is 1.91. The van der Waals surface area contributed by atoms with Crippen molar-refractivity contribution in [2.45, 2.75) is 45.6 Å². The van der Waals surface area contributed by atoms with E-state index in [1.54, 1.807) is 4.68 Å². The quantitative estimate of drug-likeness (QED) is 0.898. The fourth-order valence-electron chi connectivity index (χ4n) is 2.56. The van der Waals surface area contributed by atoms with E-state index in [-0.39, 0.29) is 11.0 Å². The van der Waals surface area contributed by atoms with Crippen LogP contribution in [0, 0.1) is 5.41 Å². The number of aromatic nitrogens is 3. The van der Waals surface area contributed by atoms with Gasteiger partial charge in [0, 0.05) is 43.8 Å². The van der Waals surface area contributed by atoms with Gasteiger partial charge in [0.1, 0.15) is 0 Å². The van der Waals surface area contributed by atoms with Crippen molar-refractivity contribution in [2.24, 2.45) is 12.5 Å². The van der Waals surface area contributed by atoms with Crippen LogP contribution < -0.4 is 5.32 Å². The minimum Gasteiger partial charge on any atom is -0.381 e. The molecule has 1 atom stereocenters. The van der Waals surface area contributed by atoms with Gasteiger partial charge in [-0.2, -0.15) is 0 Å². The lowest BCUT2D eigenvalue weighted by atomic mass is 9.78. The summed E-state index contributed by atoms with van der Waals surface area (Å²) in [5, 5.41) is 11.9. The van der Waals surface area contributed by atoms with Crippen molar-refractivity contribution in [3.8, 4) is 0 Å². The van der Waals surface area contributed by atoms with Gasteiger partial charge >= 0.3 is 0 Å². The second-order valence-electron chi connectivity index (χ2n) is 6.82. The van der Waals surface area contributed by atoms with Gasteiger partial charge < -0.3 is 10.1 Å². The molecular formula is C14H26N4O. The van der Waals surface area contributed by atoms with Crippen LogP contribution in [0.1, 0.15) is 39.3 Å². The Hall–Kier alpha value is -0.940. The van der Waals surface area contributed by atoms with E-state index in [4.69, 9.17) is 4.74 Å². The molecule has 0 spiro atoms. The van der Waals surface area contributed by atoms with E-state index < -0.39 is 0 Å². The highest BCUT2D eigenvalue weighted by Gasteiger charge is 2.34. The van der Waals surface area contributed by atoms with E-state index in [1.807, 2.05) is 13.2 Å². The molecule has 108 valence electrons. The first kappa shape index (κ1) is 14.5. The summed E-state index contributed by atoms with van der Waals surface area (Å²) in [4.78, 5) is 0. The van der Waals surface area contributed by atoms with Gasteiger partial charge in [-0.25, -0.2) is 0 Å². The number of aryl methyl sites for hydroxylation is 1. The number of rotatable bonds is 4. The first-order valence-corrected chi connectivity index (χ1v) is 7.07. The second kappa shape index (κ2) is 5.59. The number of ether oxygens (including phenoxy) is 1.